The maximum atomic E-state index is 14.4. The Labute approximate surface area is 311 Å². The van der Waals surface area contributed by atoms with Gasteiger partial charge in [0, 0.05) is 18.8 Å². The maximum Gasteiger partial charge on any atom is 0.337 e. The first-order valence-electron chi connectivity index (χ1n) is 19.7. The van der Waals surface area contributed by atoms with Gasteiger partial charge in [0.1, 0.15) is 11.7 Å². The number of carbonyl (C=O) groups excluding carboxylic acids is 5. The van der Waals surface area contributed by atoms with Gasteiger partial charge < -0.3 is 29.0 Å². The molecule has 1 aliphatic carbocycles. The number of fused-ring (bicyclic) bond motifs is 2. The molecule has 52 heavy (non-hydrogen) atoms. The molecule has 1 N–H and O–H groups in total. The molecule has 1 saturated carbocycles. The molecule has 11 nitrogen and oxygen atoms in total. The van der Waals surface area contributed by atoms with Crippen LogP contribution in [0.5, 0.6) is 0 Å². The number of methoxy groups -OCH3 is 4. The monoisotopic (exact) mass is 731 g/mol. The van der Waals surface area contributed by atoms with Gasteiger partial charge in [-0.2, -0.15) is 0 Å². The quantitative estimate of drug-likeness (QED) is 0.142. The van der Waals surface area contributed by atoms with Crippen molar-refractivity contribution in [1.29, 1.82) is 0 Å². The summed E-state index contributed by atoms with van der Waals surface area (Å²) < 4.78 is 26.3. The van der Waals surface area contributed by atoms with E-state index in [0.717, 1.165) is 32.1 Å². The van der Waals surface area contributed by atoms with Crippen LogP contribution in [0, 0.1) is 29.6 Å². The molecule has 1 fully saturated rings. The van der Waals surface area contributed by atoms with Crippen LogP contribution in [0.4, 0.5) is 0 Å². The highest BCUT2D eigenvalue weighted by Crippen LogP contribution is 2.44. The van der Waals surface area contributed by atoms with Crippen molar-refractivity contribution < 1.29 is 47.7 Å². The normalized spacial score (nSPS) is 29.5. The Morgan fingerprint density at radius 2 is 1.29 bits per heavy atom. The number of hydrogen-bond acceptors (Lipinski definition) is 10. The van der Waals surface area contributed by atoms with E-state index in [1.807, 2.05) is 0 Å². The number of rotatable bonds is 10. The summed E-state index contributed by atoms with van der Waals surface area (Å²) in [5.41, 5.74) is -1.26. The molecule has 7 atom stereocenters. The summed E-state index contributed by atoms with van der Waals surface area (Å²) in [6.07, 6.45) is 19.9. The van der Waals surface area contributed by atoms with Crippen molar-refractivity contribution in [2.45, 2.75) is 141 Å². The Morgan fingerprint density at radius 3 is 1.85 bits per heavy atom. The molecule has 1 amide bonds. The number of esters is 4. The smallest absolute Gasteiger partial charge is 0.337 e. The zero-order chi connectivity index (χ0) is 38.1. The molecule has 0 spiro atoms. The third-order valence-corrected chi connectivity index (χ3v) is 11.7. The highest BCUT2D eigenvalue weighted by atomic mass is 16.6. The van der Waals surface area contributed by atoms with Crippen molar-refractivity contribution in [3.63, 3.8) is 0 Å². The Bertz CT molecular complexity index is 1260. The molecule has 0 radical (unpaired) electrons. The first kappa shape index (κ1) is 43.2. The molecule has 3 aliphatic rings. The topological polar surface area (TPSA) is 144 Å². The van der Waals surface area contributed by atoms with E-state index in [9.17, 15) is 24.0 Å². The maximum absolute atomic E-state index is 14.4. The predicted octanol–water partition coefficient (Wildman–Crippen LogP) is 6.95. The van der Waals surface area contributed by atoms with Gasteiger partial charge >= 0.3 is 23.9 Å². The van der Waals surface area contributed by atoms with E-state index in [-0.39, 0.29) is 59.7 Å². The molecule has 2 bridgehead atoms. The zero-order valence-corrected chi connectivity index (χ0v) is 32.6. The zero-order valence-electron chi connectivity index (χ0n) is 32.6. The van der Waals surface area contributed by atoms with Gasteiger partial charge in [-0.3, -0.25) is 14.4 Å². The van der Waals surface area contributed by atoms with Crippen LogP contribution in [-0.4, -0.2) is 76.5 Å². The largest absolute Gasteiger partial charge is 0.469 e. The first-order valence-corrected chi connectivity index (χ1v) is 19.7. The fourth-order valence-corrected chi connectivity index (χ4v) is 8.43. The van der Waals surface area contributed by atoms with Gasteiger partial charge in [0.15, 0.2) is 0 Å². The standard InChI is InChI=1S/C41H65NO10/c1-28-18-16-14-12-10-8-7-9-11-13-15-17-19-29(2)32(25-30(26-35(44)49-4)24-31(28)20-21-34(43)48-3)38(45)42-27-41-23-22-33(52-41)36(39(46)50-5)37(41)40(47)51-6/h22-23,28-33H,7-21,24-27H2,1-6H3,(H,42,45)/t28?,29?,30-,31?,32-,33?,41?/m0/s1. The van der Waals surface area contributed by atoms with E-state index in [1.54, 1.807) is 12.2 Å². The van der Waals surface area contributed by atoms with Crippen LogP contribution in [-0.2, 0) is 47.7 Å². The second-order valence-electron chi connectivity index (χ2n) is 15.3. The van der Waals surface area contributed by atoms with Gasteiger partial charge in [-0.1, -0.05) is 97.0 Å². The lowest BCUT2D eigenvalue weighted by Gasteiger charge is -2.33. The average molecular weight is 732 g/mol. The number of hydrogen-bond donors (Lipinski definition) is 1. The van der Waals surface area contributed by atoms with E-state index in [0.29, 0.717) is 31.6 Å². The fourth-order valence-electron chi connectivity index (χ4n) is 8.43. The molecule has 5 unspecified atom stereocenters. The minimum Gasteiger partial charge on any atom is -0.469 e. The molecule has 11 heteroatoms. The molecule has 0 aromatic rings. The lowest BCUT2D eigenvalue weighted by atomic mass is 9.74. The minimum absolute atomic E-state index is 0.00630. The van der Waals surface area contributed by atoms with Gasteiger partial charge in [-0.15, -0.1) is 0 Å². The van der Waals surface area contributed by atoms with Crippen LogP contribution in [0.15, 0.2) is 23.3 Å². The Hall–Kier alpha value is -3.21. The first-order chi connectivity index (χ1) is 25.0. The number of amides is 1. The minimum atomic E-state index is -1.37. The average Bonchev–Trinajstić information content (AvgIpc) is 3.72. The SMILES string of the molecule is COC(=O)CCC1C[C@H](CC(=O)OC)C[C@H](C(=O)NCC23C=CC(O2)C(C(=O)OC)=C3C(=O)OC)C(C)CCCCCCCCCCCCCC1C. The molecular formula is C41H65NO10. The summed E-state index contributed by atoms with van der Waals surface area (Å²) in [6.45, 7) is 4.27. The van der Waals surface area contributed by atoms with E-state index in [1.165, 1.54) is 79.8 Å². The summed E-state index contributed by atoms with van der Waals surface area (Å²) >= 11 is 0. The van der Waals surface area contributed by atoms with Crippen molar-refractivity contribution in [2.75, 3.05) is 35.0 Å². The third-order valence-electron chi connectivity index (χ3n) is 11.7. The van der Waals surface area contributed by atoms with Gasteiger partial charge in [0.2, 0.25) is 5.91 Å². The summed E-state index contributed by atoms with van der Waals surface area (Å²) in [7, 11) is 5.27. The Balaban J connectivity index is 1.90. The van der Waals surface area contributed by atoms with E-state index < -0.39 is 29.6 Å². The van der Waals surface area contributed by atoms with Crippen LogP contribution in [0.2, 0.25) is 0 Å². The van der Waals surface area contributed by atoms with E-state index >= 15 is 0 Å². The molecule has 2 heterocycles. The molecular weight excluding hydrogens is 666 g/mol. The summed E-state index contributed by atoms with van der Waals surface area (Å²) in [6, 6.07) is 0. The molecule has 0 aromatic heterocycles. The van der Waals surface area contributed by atoms with Gasteiger partial charge in [-0.05, 0) is 55.4 Å². The Morgan fingerprint density at radius 1 is 0.731 bits per heavy atom. The predicted molar refractivity (Wildman–Crippen MR) is 197 cm³/mol. The molecule has 2 aliphatic heterocycles. The van der Waals surface area contributed by atoms with Crippen molar-refractivity contribution in [3.05, 3.63) is 23.3 Å². The summed E-state index contributed by atoms with van der Waals surface area (Å²) in [4.78, 5) is 65.1. The molecule has 3 rings (SSSR count). The van der Waals surface area contributed by atoms with Crippen LogP contribution in [0.3, 0.4) is 0 Å². The summed E-state index contributed by atoms with van der Waals surface area (Å²) in [5.74, 6) is -2.29. The lowest BCUT2D eigenvalue weighted by Crippen LogP contribution is -2.47. The highest BCUT2D eigenvalue weighted by Gasteiger charge is 2.54. The van der Waals surface area contributed by atoms with Crippen LogP contribution in [0.25, 0.3) is 0 Å². The van der Waals surface area contributed by atoms with Crippen molar-refractivity contribution in [1.82, 2.24) is 5.32 Å². The Kier molecular flexibility index (Phi) is 18.4. The van der Waals surface area contributed by atoms with Crippen LogP contribution >= 0.6 is 0 Å². The number of nitrogens with one attached hydrogen (secondary N) is 1. The van der Waals surface area contributed by atoms with E-state index in [4.69, 9.17) is 23.7 Å². The molecule has 0 saturated heterocycles. The molecule has 294 valence electrons. The number of ether oxygens (including phenoxy) is 5. The summed E-state index contributed by atoms with van der Waals surface area (Å²) in [5, 5.41) is 3.08. The van der Waals surface area contributed by atoms with Gasteiger partial charge in [0.05, 0.1) is 46.1 Å². The van der Waals surface area contributed by atoms with Crippen molar-refractivity contribution >= 4 is 29.8 Å². The lowest BCUT2D eigenvalue weighted by molar-refractivity contribution is -0.143. The van der Waals surface area contributed by atoms with E-state index in [2.05, 4.69) is 19.2 Å². The van der Waals surface area contributed by atoms with Crippen molar-refractivity contribution in [3.8, 4) is 0 Å². The second-order valence-corrected chi connectivity index (χ2v) is 15.3. The second kappa shape index (κ2) is 22.1. The fraction of sp³-hybridized carbons (Fsp3) is 0.780. The van der Waals surface area contributed by atoms with Gasteiger partial charge in [-0.25, -0.2) is 9.59 Å². The highest BCUT2D eigenvalue weighted by molar-refractivity contribution is 6.05. The number of carbonyl (C=O) groups is 5. The molecule has 0 aromatic carbocycles. The van der Waals surface area contributed by atoms with Gasteiger partial charge in [0.25, 0.3) is 0 Å². The van der Waals surface area contributed by atoms with Crippen LogP contribution < -0.4 is 5.32 Å². The third kappa shape index (κ3) is 12.4. The van der Waals surface area contributed by atoms with Crippen molar-refractivity contribution in [2.24, 2.45) is 29.6 Å². The van der Waals surface area contributed by atoms with Crippen LogP contribution in [0.1, 0.15) is 129 Å².